The summed E-state index contributed by atoms with van der Waals surface area (Å²) in [5.74, 6) is -0.0744. The van der Waals surface area contributed by atoms with Crippen molar-refractivity contribution < 1.29 is 14.3 Å². The van der Waals surface area contributed by atoms with E-state index >= 15 is 0 Å². The molecule has 0 unspecified atom stereocenters. The van der Waals surface area contributed by atoms with Crippen LogP contribution in [0.25, 0.3) is 17.2 Å². The largest absolute Gasteiger partial charge is 0.423 e. The normalized spacial score (nSPS) is 10.8. The standard InChI is InChI=1S/C28H19BrO3/c29-26-9-5-4-8-25(26)28(31)32-24-17-10-20(11-18-24)12-19-27(30)23-15-13-22(14-16-23)21-6-2-1-3-7-21/h1-19H/b19-12+. The second-order valence-electron chi connectivity index (χ2n) is 7.08. The molecule has 4 aromatic carbocycles. The van der Waals surface area contributed by atoms with Crippen LogP contribution in [0.1, 0.15) is 26.3 Å². The van der Waals surface area contributed by atoms with Crippen molar-refractivity contribution in [3.63, 3.8) is 0 Å². The Labute approximate surface area is 195 Å². The Morgan fingerprint density at radius 3 is 2.00 bits per heavy atom. The third-order valence-electron chi connectivity index (χ3n) is 4.89. The first-order valence-electron chi connectivity index (χ1n) is 10.0. The van der Waals surface area contributed by atoms with Crippen LogP contribution in [-0.4, -0.2) is 11.8 Å². The van der Waals surface area contributed by atoms with Crippen LogP contribution in [0.3, 0.4) is 0 Å². The molecule has 4 aromatic rings. The molecular formula is C28H19BrO3. The molecule has 4 rings (SSSR count). The fourth-order valence-electron chi connectivity index (χ4n) is 3.16. The Morgan fingerprint density at radius 2 is 1.31 bits per heavy atom. The number of carbonyl (C=O) groups is 2. The molecule has 0 spiro atoms. The van der Waals surface area contributed by atoms with E-state index in [1.54, 1.807) is 54.6 Å². The van der Waals surface area contributed by atoms with Crippen molar-refractivity contribution in [2.75, 3.05) is 0 Å². The van der Waals surface area contributed by atoms with Crippen molar-refractivity contribution in [1.82, 2.24) is 0 Å². The van der Waals surface area contributed by atoms with Crippen molar-refractivity contribution >= 4 is 33.8 Å². The smallest absolute Gasteiger partial charge is 0.344 e. The molecule has 156 valence electrons. The molecule has 0 atom stereocenters. The van der Waals surface area contributed by atoms with Crippen molar-refractivity contribution in [3.05, 3.63) is 130 Å². The number of hydrogen-bond donors (Lipinski definition) is 0. The van der Waals surface area contributed by atoms with Gasteiger partial charge in [-0.3, -0.25) is 4.79 Å². The minimum atomic E-state index is -0.435. The fourth-order valence-corrected chi connectivity index (χ4v) is 3.61. The van der Waals surface area contributed by atoms with E-state index in [-0.39, 0.29) is 5.78 Å². The van der Waals surface area contributed by atoms with Gasteiger partial charge in [-0.1, -0.05) is 84.9 Å². The first-order valence-corrected chi connectivity index (χ1v) is 10.8. The topological polar surface area (TPSA) is 43.4 Å². The molecule has 32 heavy (non-hydrogen) atoms. The van der Waals surface area contributed by atoms with Gasteiger partial charge in [-0.05, 0) is 63.0 Å². The lowest BCUT2D eigenvalue weighted by atomic mass is 10.0. The van der Waals surface area contributed by atoms with E-state index in [1.165, 1.54) is 0 Å². The Hall–Kier alpha value is -3.76. The van der Waals surface area contributed by atoms with Crippen LogP contribution >= 0.6 is 15.9 Å². The molecule has 4 heteroatoms. The minimum absolute atomic E-state index is 0.0750. The molecule has 0 bridgehead atoms. The van der Waals surface area contributed by atoms with Crippen LogP contribution in [0.15, 0.2) is 114 Å². The second-order valence-corrected chi connectivity index (χ2v) is 7.93. The lowest BCUT2D eigenvalue weighted by Gasteiger charge is -2.06. The number of halogens is 1. The van der Waals surface area contributed by atoms with E-state index in [1.807, 2.05) is 60.7 Å². The van der Waals surface area contributed by atoms with Gasteiger partial charge < -0.3 is 4.74 Å². The fraction of sp³-hybridized carbons (Fsp3) is 0. The lowest BCUT2D eigenvalue weighted by molar-refractivity contribution is 0.0733. The molecule has 3 nitrogen and oxygen atoms in total. The lowest BCUT2D eigenvalue weighted by Crippen LogP contribution is -2.09. The zero-order valence-electron chi connectivity index (χ0n) is 17.1. The van der Waals surface area contributed by atoms with Crippen molar-refractivity contribution in [3.8, 4) is 16.9 Å². The van der Waals surface area contributed by atoms with Gasteiger partial charge in [-0.25, -0.2) is 4.79 Å². The number of hydrogen-bond acceptors (Lipinski definition) is 3. The van der Waals surface area contributed by atoms with E-state index in [0.29, 0.717) is 21.3 Å². The molecule has 0 N–H and O–H groups in total. The highest BCUT2D eigenvalue weighted by atomic mass is 79.9. The van der Waals surface area contributed by atoms with E-state index < -0.39 is 5.97 Å². The van der Waals surface area contributed by atoms with Crippen LogP contribution in [0.2, 0.25) is 0 Å². The average Bonchev–Trinajstić information content (AvgIpc) is 2.84. The maximum absolute atomic E-state index is 12.5. The number of benzene rings is 4. The van der Waals surface area contributed by atoms with Gasteiger partial charge in [0.2, 0.25) is 0 Å². The predicted molar refractivity (Wildman–Crippen MR) is 131 cm³/mol. The summed E-state index contributed by atoms with van der Waals surface area (Å²) in [5, 5.41) is 0. The zero-order chi connectivity index (χ0) is 22.3. The van der Waals surface area contributed by atoms with Gasteiger partial charge in [0.05, 0.1) is 5.56 Å². The number of ketones is 1. The molecule has 0 saturated carbocycles. The van der Waals surface area contributed by atoms with Crippen LogP contribution in [0.5, 0.6) is 5.75 Å². The van der Waals surface area contributed by atoms with Gasteiger partial charge in [-0.15, -0.1) is 0 Å². The van der Waals surface area contributed by atoms with E-state index in [9.17, 15) is 9.59 Å². The summed E-state index contributed by atoms with van der Waals surface area (Å²) in [6.07, 6.45) is 3.28. The predicted octanol–water partition coefficient (Wildman–Crippen LogP) is 7.23. The first kappa shape index (κ1) is 21.5. The van der Waals surface area contributed by atoms with E-state index in [2.05, 4.69) is 15.9 Å². The summed E-state index contributed by atoms with van der Waals surface area (Å²) in [5.41, 5.74) is 4.10. The third kappa shape index (κ3) is 5.29. The molecular weight excluding hydrogens is 464 g/mol. The maximum Gasteiger partial charge on any atom is 0.344 e. The molecule has 0 amide bonds. The van der Waals surface area contributed by atoms with Gasteiger partial charge in [0.15, 0.2) is 5.78 Å². The molecule has 0 fully saturated rings. The Balaban J connectivity index is 1.39. The number of ether oxygens (including phenoxy) is 1. The molecule has 0 aliphatic carbocycles. The molecule has 0 aliphatic heterocycles. The first-order chi connectivity index (χ1) is 15.6. The highest BCUT2D eigenvalue weighted by Crippen LogP contribution is 2.21. The maximum atomic E-state index is 12.5. The molecule has 0 radical (unpaired) electrons. The van der Waals surface area contributed by atoms with Gasteiger partial charge in [0, 0.05) is 10.0 Å². The molecule has 0 aliphatic rings. The summed E-state index contributed by atoms with van der Waals surface area (Å²) in [7, 11) is 0. The Kier molecular flexibility index (Phi) is 6.73. The summed E-state index contributed by atoms with van der Waals surface area (Å²) in [6.45, 7) is 0. The van der Waals surface area contributed by atoms with Gasteiger partial charge >= 0.3 is 5.97 Å². The van der Waals surface area contributed by atoms with Crippen molar-refractivity contribution in [2.45, 2.75) is 0 Å². The third-order valence-corrected chi connectivity index (χ3v) is 5.58. The van der Waals surface area contributed by atoms with E-state index in [0.717, 1.165) is 16.7 Å². The number of esters is 1. The highest BCUT2D eigenvalue weighted by molar-refractivity contribution is 9.10. The van der Waals surface area contributed by atoms with Crippen molar-refractivity contribution in [1.29, 1.82) is 0 Å². The zero-order valence-corrected chi connectivity index (χ0v) is 18.7. The molecule has 0 aromatic heterocycles. The molecule has 0 heterocycles. The summed E-state index contributed by atoms with van der Waals surface area (Å²) in [6, 6.07) is 31.7. The summed E-state index contributed by atoms with van der Waals surface area (Å²) in [4.78, 5) is 24.8. The minimum Gasteiger partial charge on any atom is -0.423 e. The number of rotatable bonds is 6. The van der Waals surface area contributed by atoms with Crippen LogP contribution in [0.4, 0.5) is 0 Å². The summed E-state index contributed by atoms with van der Waals surface area (Å²) >= 11 is 3.35. The number of allylic oxidation sites excluding steroid dienone is 1. The van der Waals surface area contributed by atoms with Crippen molar-refractivity contribution in [2.24, 2.45) is 0 Å². The summed E-state index contributed by atoms with van der Waals surface area (Å²) < 4.78 is 6.10. The van der Waals surface area contributed by atoms with Crippen LogP contribution in [-0.2, 0) is 0 Å². The average molecular weight is 483 g/mol. The van der Waals surface area contributed by atoms with Crippen LogP contribution < -0.4 is 4.74 Å². The Morgan fingerprint density at radius 1 is 0.688 bits per heavy atom. The van der Waals surface area contributed by atoms with Gasteiger partial charge in [-0.2, -0.15) is 0 Å². The quantitative estimate of drug-likeness (QED) is 0.126. The monoisotopic (exact) mass is 482 g/mol. The Bertz CT molecular complexity index is 1260. The van der Waals surface area contributed by atoms with Gasteiger partial charge in [0.25, 0.3) is 0 Å². The number of carbonyl (C=O) groups excluding carboxylic acids is 2. The molecule has 0 saturated heterocycles. The second kappa shape index (κ2) is 10.0. The highest BCUT2D eigenvalue weighted by Gasteiger charge is 2.11. The SMILES string of the molecule is O=C(/C=C/c1ccc(OC(=O)c2ccccc2Br)cc1)c1ccc(-c2ccccc2)cc1. The van der Waals surface area contributed by atoms with Crippen LogP contribution in [0, 0.1) is 0 Å². The van der Waals surface area contributed by atoms with E-state index in [4.69, 9.17) is 4.74 Å². The van der Waals surface area contributed by atoms with Gasteiger partial charge in [0.1, 0.15) is 5.75 Å².